The van der Waals surface area contributed by atoms with E-state index in [1.54, 1.807) is 6.20 Å². The number of carbonyl (C=O) groups is 1. The first-order valence-corrected chi connectivity index (χ1v) is 9.99. The molecule has 0 radical (unpaired) electrons. The summed E-state index contributed by atoms with van der Waals surface area (Å²) in [5.41, 5.74) is 9.24. The maximum atomic E-state index is 13.0. The fraction of sp³-hybridized carbons (Fsp3) is 0.167. The van der Waals surface area contributed by atoms with Gasteiger partial charge < -0.3 is 10.6 Å². The molecule has 5 rings (SSSR count). The molecule has 0 aliphatic carbocycles. The van der Waals surface area contributed by atoms with Gasteiger partial charge in [-0.25, -0.2) is 15.0 Å². The van der Waals surface area contributed by atoms with Gasteiger partial charge in [-0.15, -0.1) is 0 Å². The number of anilines is 2. The first-order chi connectivity index (χ1) is 14.7. The van der Waals surface area contributed by atoms with Crippen LogP contribution in [0.4, 0.5) is 11.8 Å². The second-order valence-electron chi connectivity index (χ2n) is 7.51. The lowest BCUT2D eigenvalue weighted by atomic mass is 10.0. The number of benzene rings is 2. The van der Waals surface area contributed by atoms with E-state index in [-0.39, 0.29) is 5.78 Å². The lowest BCUT2D eigenvalue weighted by Crippen LogP contribution is -2.32. The van der Waals surface area contributed by atoms with Gasteiger partial charge in [0.2, 0.25) is 5.95 Å². The monoisotopic (exact) mass is 395 g/mol. The summed E-state index contributed by atoms with van der Waals surface area (Å²) in [5, 5.41) is 2.05. The third kappa shape index (κ3) is 3.48. The van der Waals surface area contributed by atoms with Crippen LogP contribution >= 0.6 is 0 Å². The number of ketones is 1. The molecule has 148 valence electrons. The van der Waals surface area contributed by atoms with Gasteiger partial charge in [0.05, 0.1) is 5.69 Å². The molecule has 0 amide bonds. The molecule has 0 bridgehead atoms. The molecule has 1 aliphatic heterocycles. The molecule has 0 unspecified atom stereocenters. The molecular formula is C24H21N5O. The minimum atomic E-state index is 0.0155. The van der Waals surface area contributed by atoms with Crippen molar-refractivity contribution in [3.05, 3.63) is 89.4 Å². The molecule has 30 heavy (non-hydrogen) atoms. The number of hydrogen-bond acceptors (Lipinski definition) is 6. The third-order valence-corrected chi connectivity index (χ3v) is 5.47. The van der Waals surface area contributed by atoms with Crippen LogP contribution in [0.25, 0.3) is 10.8 Å². The number of nitrogens with zero attached hydrogens (tertiary/aromatic N) is 4. The summed E-state index contributed by atoms with van der Waals surface area (Å²) in [6.45, 7) is 1.40. The quantitative estimate of drug-likeness (QED) is 0.532. The van der Waals surface area contributed by atoms with Crippen LogP contribution in [0.1, 0.15) is 27.3 Å². The molecule has 2 aromatic heterocycles. The van der Waals surface area contributed by atoms with Crippen LogP contribution in [0.15, 0.2) is 66.9 Å². The Morgan fingerprint density at radius 2 is 1.83 bits per heavy atom. The summed E-state index contributed by atoms with van der Waals surface area (Å²) >= 11 is 0. The number of fused-ring (bicyclic) bond motifs is 2. The highest BCUT2D eigenvalue weighted by molar-refractivity contribution is 6.02. The van der Waals surface area contributed by atoms with Crippen LogP contribution in [0, 0.1) is 0 Å². The van der Waals surface area contributed by atoms with Crippen molar-refractivity contribution in [2.75, 3.05) is 17.2 Å². The van der Waals surface area contributed by atoms with E-state index in [4.69, 9.17) is 10.7 Å². The Bertz CT molecular complexity index is 1240. The summed E-state index contributed by atoms with van der Waals surface area (Å²) in [6, 6.07) is 19.7. The van der Waals surface area contributed by atoms with Gasteiger partial charge in [-0.3, -0.25) is 4.79 Å². The number of carbonyl (C=O) groups excluding carboxylic acids is 1. The molecule has 6 heteroatoms. The molecular weight excluding hydrogens is 374 g/mol. The molecule has 0 saturated carbocycles. The van der Waals surface area contributed by atoms with Crippen LogP contribution in [0.3, 0.4) is 0 Å². The Labute approximate surface area is 174 Å². The number of rotatable bonds is 4. The van der Waals surface area contributed by atoms with E-state index in [0.29, 0.717) is 24.6 Å². The summed E-state index contributed by atoms with van der Waals surface area (Å²) in [5.74, 6) is 1.15. The largest absolute Gasteiger partial charge is 0.368 e. The maximum Gasteiger partial charge on any atom is 0.220 e. The summed E-state index contributed by atoms with van der Waals surface area (Å²) in [6.07, 6.45) is 2.89. The fourth-order valence-electron chi connectivity index (χ4n) is 3.95. The van der Waals surface area contributed by atoms with Crippen LogP contribution < -0.4 is 10.6 Å². The first kappa shape index (κ1) is 18.2. The highest BCUT2D eigenvalue weighted by Gasteiger charge is 2.22. The molecule has 0 saturated heterocycles. The zero-order valence-electron chi connectivity index (χ0n) is 16.5. The molecule has 0 atom stereocenters. The topological polar surface area (TPSA) is 85.0 Å². The lowest BCUT2D eigenvalue weighted by Gasteiger charge is -2.30. The van der Waals surface area contributed by atoms with E-state index in [1.807, 2.05) is 54.6 Å². The van der Waals surface area contributed by atoms with Gasteiger partial charge in [0, 0.05) is 43.1 Å². The number of Topliss-reactive ketones (excluding diaryl/α,β-unsaturated/α-hetero) is 1. The van der Waals surface area contributed by atoms with Crippen LogP contribution in [0.2, 0.25) is 0 Å². The van der Waals surface area contributed by atoms with E-state index < -0.39 is 0 Å². The van der Waals surface area contributed by atoms with Crippen molar-refractivity contribution in [2.45, 2.75) is 19.4 Å². The summed E-state index contributed by atoms with van der Waals surface area (Å²) in [4.78, 5) is 28.5. The summed E-state index contributed by atoms with van der Waals surface area (Å²) in [7, 11) is 0. The normalized spacial score (nSPS) is 13.3. The Morgan fingerprint density at radius 1 is 1.03 bits per heavy atom. The van der Waals surface area contributed by atoms with Crippen molar-refractivity contribution >= 4 is 28.3 Å². The van der Waals surface area contributed by atoms with Crippen molar-refractivity contribution in [2.24, 2.45) is 0 Å². The zero-order chi connectivity index (χ0) is 20.5. The molecule has 2 N–H and O–H groups in total. The Balaban J connectivity index is 1.53. The van der Waals surface area contributed by atoms with Crippen LogP contribution in [-0.2, 0) is 19.4 Å². The molecule has 2 aromatic carbocycles. The Morgan fingerprint density at radius 3 is 2.70 bits per heavy atom. The number of nitrogens with two attached hydrogens (primary N) is 1. The van der Waals surface area contributed by atoms with Crippen molar-refractivity contribution < 1.29 is 4.79 Å². The van der Waals surface area contributed by atoms with E-state index in [9.17, 15) is 4.79 Å². The van der Waals surface area contributed by atoms with Gasteiger partial charge in [-0.2, -0.15) is 0 Å². The zero-order valence-corrected chi connectivity index (χ0v) is 16.5. The highest BCUT2D eigenvalue weighted by atomic mass is 16.1. The fourth-order valence-corrected chi connectivity index (χ4v) is 3.95. The van der Waals surface area contributed by atoms with Gasteiger partial charge >= 0.3 is 0 Å². The molecule has 4 aromatic rings. The Hall–Kier alpha value is -3.80. The van der Waals surface area contributed by atoms with Crippen LogP contribution in [0.5, 0.6) is 0 Å². The standard InChI is InChI=1S/C24H21N5O/c25-24-26-14-18-15-29(11-10-20(18)28-24)23-19-9-5-4-8-17(19)13-21(27-23)22(30)12-16-6-2-1-3-7-16/h1-9,13-14H,10-12,15H2,(H2,25,26,28). The predicted octanol–water partition coefficient (Wildman–Crippen LogP) is 3.60. The second-order valence-corrected chi connectivity index (χ2v) is 7.51. The number of pyridine rings is 1. The molecule has 0 fully saturated rings. The van der Waals surface area contributed by atoms with Crippen LogP contribution in [-0.4, -0.2) is 27.3 Å². The smallest absolute Gasteiger partial charge is 0.220 e. The maximum absolute atomic E-state index is 13.0. The van der Waals surface area contributed by atoms with Crippen molar-refractivity contribution in [3.63, 3.8) is 0 Å². The van der Waals surface area contributed by atoms with Gasteiger partial charge in [0.1, 0.15) is 11.5 Å². The molecule has 3 heterocycles. The van der Waals surface area contributed by atoms with E-state index in [2.05, 4.69) is 20.9 Å². The van der Waals surface area contributed by atoms with Gasteiger partial charge in [-0.05, 0) is 17.0 Å². The van der Waals surface area contributed by atoms with Gasteiger partial charge in [0.25, 0.3) is 0 Å². The minimum Gasteiger partial charge on any atom is -0.368 e. The average Bonchev–Trinajstić information content (AvgIpc) is 2.78. The van der Waals surface area contributed by atoms with E-state index in [1.165, 1.54) is 0 Å². The lowest BCUT2D eigenvalue weighted by molar-refractivity contribution is 0.0988. The molecule has 0 spiro atoms. The molecule has 1 aliphatic rings. The van der Waals surface area contributed by atoms with Crippen molar-refractivity contribution in [1.29, 1.82) is 0 Å². The van der Waals surface area contributed by atoms with Gasteiger partial charge in [-0.1, -0.05) is 54.6 Å². The van der Waals surface area contributed by atoms with E-state index >= 15 is 0 Å². The predicted molar refractivity (Wildman–Crippen MR) is 117 cm³/mol. The van der Waals surface area contributed by atoms with E-state index in [0.717, 1.165) is 46.4 Å². The van der Waals surface area contributed by atoms with Gasteiger partial charge in [0.15, 0.2) is 5.78 Å². The number of aromatic nitrogens is 3. The highest BCUT2D eigenvalue weighted by Crippen LogP contribution is 2.30. The Kier molecular flexibility index (Phi) is 4.59. The minimum absolute atomic E-state index is 0.0155. The SMILES string of the molecule is Nc1ncc2c(n1)CCN(c1nc(C(=O)Cc3ccccc3)cc3ccccc13)C2. The van der Waals surface area contributed by atoms with Crippen molar-refractivity contribution in [3.8, 4) is 0 Å². The first-order valence-electron chi connectivity index (χ1n) is 9.99. The summed E-state index contributed by atoms with van der Waals surface area (Å²) < 4.78 is 0. The molecule has 6 nitrogen and oxygen atoms in total. The third-order valence-electron chi connectivity index (χ3n) is 5.47. The number of nitrogen functional groups attached to an aromatic ring is 1. The average molecular weight is 395 g/mol. The second kappa shape index (κ2) is 7.55. The number of hydrogen-bond donors (Lipinski definition) is 1. The van der Waals surface area contributed by atoms with Crippen molar-refractivity contribution in [1.82, 2.24) is 15.0 Å².